The van der Waals surface area contributed by atoms with Crippen LogP contribution < -0.4 is 0 Å². The van der Waals surface area contributed by atoms with Gasteiger partial charge in [0.15, 0.2) is 11.6 Å². The molecule has 6 heteroatoms. The maximum atomic E-state index is 9.54. The van der Waals surface area contributed by atoms with Crippen LogP contribution in [0.2, 0.25) is 0 Å². The van der Waals surface area contributed by atoms with Gasteiger partial charge < -0.3 is 10.0 Å². The zero-order chi connectivity index (χ0) is 14.9. The molecule has 0 saturated carbocycles. The summed E-state index contributed by atoms with van der Waals surface area (Å²) in [6.07, 6.45) is 3.73. The van der Waals surface area contributed by atoms with Crippen LogP contribution in [0.3, 0.4) is 0 Å². The van der Waals surface area contributed by atoms with E-state index in [0.717, 1.165) is 36.0 Å². The number of amidine groups is 1. The van der Waals surface area contributed by atoms with Gasteiger partial charge in [-0.2, -0.15) is 0 Å². The topological polar surface area (TPSA) is 66.5 Å². The van der Waals surface area contributed by atoms with E-state index in [9.17, 15) is 5.11 Å². The number of aliphatic hydroxyl groups is 1. The highest BCUT2D eigenvalue weighted by molar-refractivity contribution is 6.02. The highest BCUT2D eigenvalue weighted by Gasteiger charge is 2.25. The molecular weight excluding hydrogens is 278 g/mol. The molecule has 0 unspecified atom stereocenters. The molecule has 0 bridgehead atoms. The molecule has 0 amide bonds. The second-order valence-electron chi connectivity index (χ2n) is 5.73. The number of aliphatic hydroxyl groups excluding tert-OH is 1. The minimum Gasteiger partial charge on any atom is -0.388 e. The molecule has 4 rings (SSSR count). The van der Waals surface area contributed by atoms with Crippen LogP contribution in [0.25, 0.3) is 5.69 Å². The summed E-state index contributed by atoms with van der Waals surface area (Å²) in [5.74, 6) is 2.39. The second kappa shape index (κ2) is 5.53. The van der Waals surface area contributed by atoms with Crippen LogP contribution in [0.15, 0.2) is 29.3 Å². The molecule has 2 aliphatic heterocycles. The van der Waals surface area contributed by atoms with E-state index in [-0.39, 0.29) is 6.61 Å². The Morgan fingerprint density at radius 1 is 1.05 bits per heavy atom. The monoisotopic (exact) mass is 297 g/mol. The van der Waals surface area contributed by atoms with Gasteiger partial charge in [-0.05, 0) is 31.4 Å². The summed E-state index contributed by atoms with van der Waals surface area (Å²) < 4.78 is 1.94. The molecule has 1 saturated heterocycles. The normalized spacial score (nSPS) is 17.5. The fourth-order valence-corrected chi connectivity index (χ4v) is 3.30. The van der Waals surface area contributed by atoms with Gasteiger partial charge >= 0.3 is 0 Å². The average molecular weight is 297 g/mol. The number of aliphatic imine (C=N–C) groups is 1. The van der Waals surface area contributed by atoms with Gasteiger partial charge in [0.2, 0.25) is 0 Å². The van der Waals surface area contributed by atoms with Crippen LogP contribution in [0, 0.1) is 0 Å². The van der Waals surface area contributed by atoms with Crippen molar-refractivity contribution in [3.05, 3.63) is 41.5 Å². The summed E-state index contributed by atoms with van der Waals surface area (Å²) in [4.78, 5) is 7.19. The largest absolute Gasteiger partial charge is 0.388 e. The van der Waals surface area contributed by atoms with Crippen LogP contribution >= 0.6 is 0 Å². The molecule has 1 aromatic heterocycles. The first-order valence-electron chi connectivity index (χ1n) is 7.81. The van der Waals surface area contributed by atoms with Gasteiger partial charge in [0, 0.05) is 18.7 Å². The summed E-state index contributed by atoms with van der Waals surface area (Å²) >= 11 is 0. The van der Waals surface area contributed by atoms with Crippen molar-refractivity contribution in [2.24, 2.45) is 4.99 Å². The molecule has 3 heterocycles. The van der Waals surface area contributed by atoms with Gasteiger partial charge in [0.05, 0.1) is 5.69 Å². The maximum absolute atomic E-state index is 9.54. The Labute approximate surface area is 129 Å². The van der Waals surface area contributed by atoms with Crippen molar-refractivity contribution in [3.63, 3.8) is 0 Å². The summed E-state index contributed by atoms with van der Waals surface area (Å²) in [5, 5.41) is 17.8. The van der Waals surface area contributed by atoms with Crippen molar-refractivity contribution in [3.8, 4) is 5.69 Å². The molecule has 0 radical (unpaired) electrons. The highest BCUT2D eigenvalue weighted by atomic mass is 16.3. The van der Waals surface area contributed by atoms with Gasteiger partial charge in [0.25, 0.3) is 0 Å². The lowest BCUT2D eigenvalue weighted by Crippen LogP contribution is -2.36. The molecule has 0 atom stereocenters. The molecule has 6 nitrogen and oxygen atoms in total. The quantitative estimate of drug-likeness (QED) is 0.866. The number of rotatable bonds is 1. The first kappa shape index (κ1) is 13.5. The fraction of sp³-hybridized carbons (Fsp3) is 0.438. The van der Waals surface area contributed by atoms with Crippen molar-refractivity contribution < 1.29 is 5.11 Å². The number of likely N-dealkylation sites (tertiary alicyclic amines) is 1. The first-order valence-corrected chi connectivity index (χ1v) is 7.81. The van der Waals surface area contributed by atoms with Crippen molar-refractivity contribution in [1.82, 2.24) is 19.7 Å². The molecular formula is C16H19N5O. The Morgan fingerprint density at radius 2 is 1.86 bits per heavy atom. The van der Waals surface area contributed by atoms with Crippen LogP contribution in [0.4, 0.5) is 0 Å². The van der Waals surface area contributed by atoms with E-state index in [4.69, 9.17) is 4.99 Å². The van der Waals surface area contributed by atoms with Crippen molar-refractivity contribution in [1.29, 1.82) is 0 Å². The van der Waals surface area contributed by atoms with E-state index in [1.807, 2.05) is 22.8 Å². The van der Waals surface area contributed by atoms with E-state index >= 15 is 0 Å². The summed E-state index contributed by atoms with van der Waals surface area (Å²) in [5.41, 5.74) is 2.10. The minimum absolute atomic E-state index is 0.125. The number of benzene rings is 1. The molecule has 0 aliphatic carbocycles. The predicted molar refractivity (Wildman–Crippen MR) is 82.9 cm³/mol. The number of hydrogen-bond acceptors (Lipinski definition) is 5. The molecule has 1 aromatic carbocycles. The van der Waals surface area contributed by atoms with Crippen LogP contribution in [-0.2, 0) is 13.2 Å². The summed E-state index contributed by atoms with van der Waals surface area (Å²) in [6, 6.07) is 8.18. The maximum Gasteiger partial charge on any atom is 0.163 e. The van der Waals surface area contributed by atoms with E-state index in [1.165, 1.54) is 19.3 Å². The lowest BCUT2D eigenvalue weighted by molar-refractivity contribution is 0.268. The smallest absolute Gasteiger partial charge is 0.163 e. The SMILES string of the molecule is OCc1nnc2n1-c1ccccc1C(N1CCCCC1)=NC2. The van der Waals surface area contributed by atoms with Gasteiger partial charge in [-0.15, -0.1) is 10.2 Å². The Morgan fingerprint density at radius 3 is 2.68 bits per heavy atom. The van der Waals surface area contributed by atoms with Gasteiger partial charge in [0.1, 0.15) is 19.0 Å². The van der Waals surface area contributed by atoms with Crippen molar-refractivity contribution >= 4 is 5.84 Å². The minimum atomic E-state index is -0.125. The number of piperidine rings is 1. The zero-order valence-electron chi connectivity index (χ0n) is 12.4. The zero-order valence-corrected chi connectivity index (χ0v) is 12.4. The van der Waals surface area contributed by atoms with E-state index in [1.54, 1.807) is 0 Å². The Balaban J connectivity index is 1.85. The molecule has 1 fully saturated rings. The molecule has 114 valence electrons. The Bertz CT molecular complexity index is 715. The molecule has 0 spiro atoms. The number of nitrogens with zero attached hydrogens (tertiary/aromatic N) is 5. The first-order chi connectivity index (χ1) is 10.9. The number of hydrogen-bond donors (Lipinski definition) is 1. The number of aromatic nitrogens is 3. The van der Waals surface area contributed by atoms with E-state index < -0.39 is 0 Å². The summed E-state index contributed by atoms with van der Waals surface area (Å²) in [7, 11) is 0. The van der Waals surface area contributed by atoms with Gasteiger partial charge in [-0.25, -0.2) is 0 Å². The number of para-hydroxylation sites is 1. The van der Waals surface area contributed by atoms with E-state index in [0.29, 0.717) is 12.4 Å². The van der Waals surface area contributed by atoms with Crippen LogP contribution in [0.1, 0.15) is 36.5 Å². The lowest BCUT2D eigenvalue weighted by Gasteiger charge is -2.30. The average Bonchev–Trinajstić information content (AvgIpc) is 2.92. The van der Waals surface area contributed by atoms with Gasteiger partial charge in [-0.1, -0.05) is 12.1 Å². The van der Waals surface area contributed by atoms with Gasteiger partial charge in [-0.3, -0.25) is 9.56 Å². The third kappa shape index (κ3) is 2.11. The molecule has 22 heavy (non-hydrogen) atoms. The number of fused-ring (bicyclic) bond motifs is 3. The fourth-order valence-electron chi connectivity index (χ4n) is 3.30. The third-order valence-electron chi connectivity index (χ3n) is 4.35. The third-order valence-corrected chi connectivity index (χ3v) is 4.35. The Hall–Kier alpha value is -2.21. The van der Waals surface area contributed by atoms with E-state index in [2.05, 4.69) is 21.2 Å². The predicted octanol–water partition coefficient (Wildman–Crippen LogP) is 1.51. The lowest BCUT2D eigenvalue weighted by atomic mass is 10.1. The van der Waals surface area contributed by atoms with Crippen molar-refractivity contribution in [2.75, 3.05) is 13.1 Å². The molecule has 2 aliphatic rings. The van der Waals surface area contributed by atoms with Crippen LogP contribution in [-0.4, -0.2) is 43.7 Å². The standard InChI is InChI=1S/C16H19N5O/c22-11-15-19-18-14-10-17-16(20-8-4-1-5-9-20)12-6-2-3-7-13(12)21(14)15/h2-3,6-7,22H,1,4-5,8-11H2. The molecule has 2 aromatic rings. The van der Waals surface area contributed by atoms with Crippen LogP contribution in [0.5, 0.6) is 0 Å². The second-order valence-corrected chi connectivity index (χ2v) is 5.73. The molecule has 1 N–H and O–H groups in total. The van der Waals surface area contributed by atoms with Crippen molar-refractivity contribution in [2.45, 2.75) is 32.4 Å². The Kier molecular flexibility index (Phi) is 3.38. The highest BCUT2D eigenvalue weighted by Crippen LogP contribution is 2.25. The summed E-state index contributed by atoms with van der Waals surface area (Å²) in [6.45, 7) is 2.48.